The molecule has 0 aliphatic heterocycles. The second-order valence-electron chi connectivity index (χ2n) is 4.36. The van der Waals surface area contributed by atoms with Crippen molar-refractivity contribution in [2.24, 2.45) is 5.73 Å². The Balaban J connectivity index is 1.81. The Labute approximate surface area is 120 Å². The zero-order chi connectivity index (χ0) is 13.1. The standard InChI is InChI=1S/C14H15N3S2/c15-8-4-3-7-13-16-11(9-18-13)14-17-10-5-1-2-6-12(10)19-14/h1-2,5-6,9H,3-4,7-8,15H2. The lowest BCUT2D eigenvalue weighted by Crippen LogP contribution is -1.98. The molecule has 1 aromatic carbocycles. The highest BCUT2D eigenvalue weighted by molar-refractivity contribution is 7.21. The number of fused-ring (bicyclic) bond motifs is 1. The number of nitrogens with zero attached hydrogens (tertiary/aromatic N) is 2. The predicted octanol–water partition coefficient (Wildman–Crippen LogP) is 3.70. The van der Waals surface area contributed by atoms with Crippen LogP contribution in [-0.2, 0) is 6.42 Å². The van der Waals surface area contributed by atoms with E-state index in [1.807, 2.05) is 18.2 Å². The van der Waals surface area contributed by atoms with Crippen LogP contribution < -0.4 is 5.73 Å². The number of aromatic nitrogens is 2. The summed E-state index contributed by atoms with van der Waals surface area (Å²) in [4.78, 5) is 9.31. The summed E-state index contributed by atoms with van der Waals surface area (Å²) < 4.78 is 1.22. The highest BCUT2D eigenvalue weighted by Gasteiger charge is 2.09. The molecule has 3 rings (SSSR count). The van der Waals surface area contributed by atoms with Gasteiger partial charge in [-0.05, 0) is 37.9 Å². The smallest absolute Gasteiger partial charge is 0.143 e. The third kappa shape index (κ3) is 2.83. The summed E-state index contributed by atoms with van der Waals surface area (Å²) in [6.45, 7) is 0.760. The molecule has 0 fully saturated rings. The second kappa shape index (κ2) is 5.77. The molecule has 0 unspecified atom stereocenters. The SMILES string of the molecule is NCCCCc1nc(-c2nc3ccccc3s2)cs1. The average Bonchev–Trinajstić information content (AvgIpc) is 3.04. The Kier molecular flexibility index (Phi) is 3.87. The summed E-state index contributed by atoms with van der Waals surface area (Å²) >= 11 is 3.42. The molecule has 5 heteroatoms. The lowest BCUT2D eigenvalue weighted by atomic mass is 10.2. The van der Waals surface area contributed by atoms with Crippen LogP contribution in [0, 0.1) is 0 Å². The number of thiazole rings is 2. The normalized spacial score (nSPS) is 11.2. The van der Waals surface area contributed by atoms with E-state index >= 15 is 0 Å². The van der Waals surface area contributed by atoms with Gasteiger partial charge in [-0.1, -0.05) is 12.1 Å². The molecule has 2 aromatic heterocycles. The molecule has 2 heterocycles. The van der Waals surface area contributed by atoms with Crippen LogP contribution in [0.5, 0.6) is 0 Å². The van der Waals surface area contributed by atoms with Crippen molar-refractivity contribution in [1.29, 1.82) is 0 Å². The van der Waals surface area contributed by atoms with Gasteiger partial charge in [0.15, 0.2) is 0 Å². The van der Waals surface area contributed by atoms with Gasteiger partial charge in [0.1, 0.15) is 10.7 Å². The lowest BCUT2D eigenvalue weighted by Gasteiger charge is -1.93. The highest BCUT2D eigenvalue weighted by atomic mass is 32.1. The molecular weight excluding hydrogens is 274 g/mol. The minimum Gasteiger partial charge on any atom is -0.330 e. The van der Waals surface area contributed by atoms with Gasteiger partial charge in [-0.15, -0.1) is 22.7 Å². The van der Waals surface area contributed by atoms with E-state index in [1.165, 1.54) is 9.71 Å². The van der Waals surface area contributed by atoms with E-state index in [1.54, 1.807) is 22.7 Å². The Hall–Kier alpha value is -1.30. The van der Waals surface area contributed by atoms with Crippen LogP contribution in [0.4, 0.5) is 0 Å². The van der Waals surface area contributed by atoms with Crippen LogP contribution in [0.2, 0.25) is 0 Å². The molecule has 0 radical (unpaired) electrons. The molecule has 3 nitrogen and oxygen atoms in total. The molecule has 0 amide bonds. The van der Waals surface area contributed by atoms with Gasteiger partial charge in [0, 0.05) is 5.38 Å². The first-order valence-corrected chi connectivity index (χ1v) is 8.07. The van der Waals surface area contributed by atoms with E-state index in [4.69, 9.17) is 5.73 Å². The first kappa shape index (κ1) is 12.7. The monoisotopic (exact) mass is 289 g/mol. The first-order chi connectivity index (χ1) is 9.36. The number of aryl methyl sites for hydroxylation is 1. The van der Waals surface area contributed by atoms with Crippen LogP contribution >= 0.6 is 22.7 Å². The van der Waals surface area contributed by atoms with E-state index in [0.29, 0.717) is 0 Å². The van der Waals surface area contributed by atoms with Crippen LogP contribution in [0.25, 0.3) is 20.9 Å². The van der Waals surface area contributed by atoms with Gasteiger partial charge in [0.05, 0.1) is 15.2 Å². The van der Waals surface area contributed by atoms with Crippen LogP contribution in [-0.4, -0.2) is 16.5 Å². The van der Waals surface area contributed by atoms with Crippen LogP contribution in [0.1, 0.15) is 17.8 Å². The molecule has 0 aliphatic rings. The maximum atomic E-state index is 5.51. The van der Waals surface area contributed by atoms with Crippen molar-refractivity contribution in [3.8, 4) is 10.7 Å². The van der Waals surface area contributed by atoms with Gasteiger partial charge in [-0.2, -0.15) is 0 Å². The number of rotatable bonds is 5. The molecule has 0 spiro atoms. The fourth-order valence-corrected chi connectivity index (χ4v) is 3.75. The largest absolute Gasteiger partial charge is 0.330 e. The zero-order valence-electron chi connectivity index (χ0n) is 10.5. The van der Waals surface area contributed by atoms with E-state index in [0.717, 1.165) is 42.0 Å². The molecule has 0 saturated heterocycles. The van der Waals surface area contributed by atoms with Crippen LogP contribution in [0.15, 0.2) is 29.6 Å². The first-order valence-electron chi connectivity index (χ1n) is 6.37. The summed E-state index contributed by atoms with van der Waals surface area (Å²) in [5, 5.41) is 4.31. The average molecular weight is 289 g/mol. The van der Waals surface area contributed by atoms with Crippen molar-refractivity contribution in [3.05, 3.63) is 34.7 Å². The predicted molar refractivity (Wildman–Crippen MR) is 82.7 cm³/mol. The number of para-hydroxylation sites is 1. The lowest BCUT2D eigenvalue weighted by molar-refractivity contribution is 0.742. The van der Waals surface area contributed by atoms with Crippen molar-refractivity contribution in [2.45, 2.75) is 19.3 Å². The zero-order valence-corrected chi connectivity index (χ0v) is 12.1. The molecule has 2 N–H and O–H groups in total. The topological polar surface area (TPSA) is 51.8 Å². The van der Waals surface area contributed by atoms with E-state index in [-0.39, 0.29) is 0 Å². The molecular formula is C14H15N3S2. The molecule has 98 valence electrons. The van der Waals surface area contributed by atoms with E-state index in [9.17, 15) is 0 Å². The fourth-order valence-electron chi connectivity index (χ4n) is 1.93. The number of nitrogens with two attached hydrogens (primary N) is 1. The number of unbranched alkanes of at least 4 members (excludes halogenated alkanes) is 1. The van der Waals surface area contributed by atoms with Crippen molar-refractivity contribution in [2.75, 3.05) is 6.54 Å². The maximum Gasteiger partial charge on any atom is 0.143 e. The van der Waals surface area contributed by atoms with E-state index in [2.05, 4.69) is 21.4 Å². The molecule has 3 aromatic rings. The minimum absolute atomic E-state index is 0.760. The van der Waals surface area contributed by atoms with Crippen molar-refractivity contribution >= 4 is 32.9 Å². The maximum absolute atomic E-state index is 5.51. The summed E-state index contributed by atoms with van der Waals surface area (Å²) in [5.41, 5.74) is 7.57. The number of hydrogen-bond acceptors (Lipinski definition) is 5. The summed E-state index contributed by atoms with van der Waals surface area (Å²) in [7, 11) is 0. The Bertz CT molecular complexity index is 639. The van der Waals surface area contributed by atoms with Gasteiger partial charge in [-0.3, -0.25) is 0 Å². The van der Waals surface area contributed by atoms with Crippen molar-refractivity contribution in [1.82, 2.24) is 9.97 Å². The molecule has 0 bridgehead atoms. The van der Waals surface area contributed by atoms with Gasteiger partial charge < -0.3 is 5.73 Å². The second-order valence-corrected chi connectivity index (χ2v) is 6.33. The fraction of sp³-hybridized carbons (Fsp3) is 0.286. The number of hydrogen-bond donors (Lipinski definition) is 1. The Morgan fingerprint density at radius 2 is 2.00 bits per heavy atom. The number of benzene rings is 1. The van der Waals surface area contributed by atoms with Gasteiger partial charge in [0.2, 0.25) is 0 Å². The summed E-state index contributed by atoms with van der Waals surface area (Å²) in [6.07, 6.45) is 3.20. The van der Waals surface area contributed by atoms with Crippen molar-refractivity contribution < 1.29 is 0 Å². The van der Waals surface area contributed by atoms with Crippen LogP contribution in [0.3, 0.4) is 0 Å². The Morgan fingerprint density at radius 1 is 1.11 bits per heavy atom. The highest BCUT2D eigenvalue weighted by Crippen LogP contribution is 2.30. The molecule has 0 atom stereocenters. The van der Waals surface area contributed by atoms with Gasteiger partial charge in [0.25, 0.3) is 0 Å². The minimum atomic E-state index is 0.760. The quantitative estimate of drug-likeness (QED) is 0.729. The summed E-state index contributed by atoms with van der Waals surface area (Å²) in [5.74, 6) is 0. The third-order valence-corrected chi connectivity index (χ3v) is 4.88. The van der Waals surface area contributed by atoms with Gasteiger partial charge in [-0.25, -0.2) is 9.97 Å². The van der Waals surface area contributed by atoms with E-state index < -0.39 is 0 Å². The summed E-state index contributed by atoms with van der Waals surface area (Å²) in [6, 6.07) is 8.21. The molecule has 0 saturated carbocycles. The molecule has 0 aliphatic carbocycles. The van der Waals surface area contributed by atoms with Gasteiger partial charge >= 0.3 is 0 Å². The van der Waals surface area contributed by atoms with Crippen molar-refractivity contribution in [3.63, 3.8) is 0 Å². The third-order valence-electron chi connectivity index (χ3n) is 2.91. The molecule has 19 heavy (non-hydrogen) atoms. The Morgan fingerprint density at radius 3 is 2.84 bits per heavy atom.